The fourth-order valence-corrected chi connectivity index (χ4v) is 22.5. The van der Waals surface area contributed by atoms with Crippen molar-refractivity contribution in [3.63, 3.8) is 0 Å². The van der Waals surface area contributed by atoms with Crippen molar-refractivity contribution in [1.29, 1.82) is 0 Å². The Morgan fingerprint density at radius 2 is 1.58 bits per heavy atom. The average Bonchev–Trinajstić information content (AvgIpc) is 3.01. The summed E-state index contributed by atoms with van der Waals surface area (Å²) >= 11 is -2.74. The third kappa shape index (κ3) is 4.23. The third-order valence-corrected chi connectivity index (χ3v) is 22.7. The van der Waals surface area contributed by atoms with Crippen molar-refractivity contribution in [2.75, 3.05) is 6.54 Å². The molecule has 0 bridgehead atoms. The van der Waals surface area contributed by atoms with E-state index in [9.17, 15) is 9.90 Å². The predicted molar refractivity (Wildman–Crippen MR) is 104 cm³/mol. The molecule has 0 aromatic rings. The minimum atomic E-state index is -3.16. The molecule has 2 rings (SSSR count). The second-order valence-electron chi connectivity index (χ2n) is 8.66. The van der Waals surface area contributed by atoms with E-state index in [-0.39, 0.29) is 25.3 Å². The molecule has 3 nitrogen and oxygen atoms in total. The molecule has 2 atom stereocenters. The topological polar surface area (TPSA) is 40.5 Å². The van der Waals surface area contributed by atoms with E-state index in [1.165, 1.54) is 13.3 Å². The zero-order valence-electron chi connectivity index (χ0n) is 16.8. The number of hydrogen-bond donors (Lipinski definition) is 1. The molecule has 26 heavy (non-hydrogen) atoms. The monoisotopic (exact) mass is 481 g/mol. The Kier molecular flexibility index (Phi) is 7.80. The second-order valence-corrected chi connectivity index (χ2v) is 22.7. The fourth-order valence-electron chi connectivity index (χ4n) is 5.07. The Labute approximate surface area is 161 Å². The number of hydrogen-bond acceptors (Lipinski definition) is 2. The molecule has 0 aromatic heterocycles. The van der Waals surface area contributed by atoms with Crippen LogP contribution in [0.3, 0.4) is 0 Å². The molecule has 2 aliphatic rings. The van der Waals surface area contributed by atoms with Crippen LogP contribution in [0.2, 0.25) is 17.7 Å². The van der Waals surface area contributed by atoms with Crippen molar-refractivity contribution in [3.05, 3.63) is 0 Å². The molecule has 0 spiro atoms. The van der Waals surface area contributed by atoms with Crippen molar-refractivity contribution >= 4 is 24.3 Å². The van der Waals surface area contributed by atoms with Crippen molar-refractivity contribution in [2.24, 2.45) is 5.92 Å². The van der Waals surface area contributed by atoms with Crippen LogP contribution in [0.1, 0.15) is 72.1 Å². The molecular weight excluding hydrogens is 443 g/mol. The molecule has 1 amide bonds. The van der Waals surface area contributed by atoms with Gasteiger partial charge in [-0.3, -0.25) is 0 Å². The molecule has 2 unspecified atom stereocenters. The molecule has 0 aliphatic carbocycles. The van der Waals surface area contributed by atoms with Gasteiger partial charge in [0.15, 0.2) is 0 Å². The molecule has 2 heterocycles. The number of carbonyl (C=O) groups excluding carboxylic acids is 1. The van der Waals surface area contributed by atoms with Crippen molar-refractivity contribution < 1.29 is 18.7 Å². The minimum absolute atomic E-state index is 0.0503. The van der Waals surface area contributed by atoms with E-state index >= 15 is 8.78 Å². The van der Waals surface area contributed by atoms with Gasteiger partial charge >= 0.3 is 162 Å². The van der Waals surface area contributed by atoms with E-state index in [1.807, 2.05) is 0 Å². The Morgan fingerprint density at radius 3 is 2.00 bits per heavy atom. The van der Waals surface area contributed by atoms with Gasteiger partial charge in [0.05, 0.1) is 0 Å². The van der Waals surface area contributed by atoms with Crippen LogP contribution in [0.25, 0.3) is 0 Å². The van der Waals surface area contributed by atoms with E-state index in [2.05, 4.69) is 20.8 Å². The fraction of sp³-hybridized carbons (Fsp3) is 0.950. The molecule has 0 radical (unpaired) electrons. The van der Waals surface area contributed by atoms with Gasteiger partial charge < -0.3 is 0 Å². The summed E-state index contributed by atoms with van der Waals surface area (Å²) in [6.07, 6.45) is 6.73. The number of unbranched alkanes of at least 4 members (excludes halogenated alkanes) is 3. The van der Waals surface area contributed by atoms with Gasteiger partial charge in [-0.25, -0.2) is 0 Å². The number of fused-ring (bicyclic) bond motifs is 1. The van der Waals surface area contributed by atoms with Crippen LogP contribution in [0.5, 0.6) is 0 Å². The van der Waals surface area contributed by atoms with Gasteiger partial charge in [-0.2, -0.15) is 0 Å². The Balaban J connectivity index is 2.24. The molecule has 152 valence electrons. The molecule has 2 aliphatic heterocycles. The summed E-state index contributed by atoms with van der Waals surface area (Å²) in [5.41, 5.74) is -2.22. The van der Waals surface area contributed by atoms with Gasteiger partial charge in [-0.1, -0.05) is 0 Å². The van der Waals surface area contributed by atoms with Crippen molar-refractivity contribution in [3.8, 4) is 0 Å². The van der Waals surface area contributed by atoms with Crippen LogP contribution < -0.4 is 0 Å². The SMILES string of the molecule is CCC[CH2][Sn]([CH2]CCC)([CH2]CCC)[CH2]C1CN2C(=O)CCC2(O)C1(F)F. The zero-order valence-corrected chi connectivity index (χ0v) is 19.7. The average molecular weight is 480 g/mol. The van der Waals surface area contributed by atoms with Gasteiger partial charge in [-0.05, 0) is 0 Å². The number of carbonyl (C=O) groups is 1. The molecule has 2 saturated heterocycles. The molecule has 0 aromatic carbocycles. The van der Waals surface area contributed by atoms with Gasteiger partial charge in [0.2, 0.25) is 0 Å². The van der Waals surface area contributed by atoms with Gasteiger partial charge in [0.1, 0.15) is 0 Å². The number of halogens is 2. The van der Waals surface area contributed by atoms with E-state index < -0.39 is 35.9 Å². The molecule has 2 fully saturated rings. The van der Waals surface area contributed by atoms with Crippen LogP contribution in [-0.2, 0) is 4.79 Å². The number of amides is 1. The summed E-state index contributed by atoms with van der Waals surface area (Å²) < 4.78 is 34.6. The van der Waals surface area contributed by atoms with Crippen LogP contribution in [-0.4, -0.2) is 52.5 Å². The summed E-state index contributed by atoms with van der Waals surface area (Å²) in [4.78, 5) is 13.1. The zero-order chi connectivity index (χ0) is 19.4. The third-order valence-electron chi connectivity index (χ3n) is 6.75. The maximum atomic E-state index is 15.2. The van der Waals surface area contributed by atoms with Crippen LogP contribution in [0.15, 0.2) is 0 Å². The van der Waals surface area contributed by atoms with Crippen molar-refractivity contribution in [2.45, 2.75) is 102 Å². The molecule has 0 saturated carbocycles. The van der Waals surface area contributed by atoms with E-state index in [0.29, 0.717) is 4.44 Å². The number of nitrogens with zero attached hydrogens (tertiary/aromatic N) is 1. The van der Waals surface area contributed by atoms with E-state index in [0.717, 1.165) is 43.4 Å². The molecule has 1 N–H and O–H groups in total. The van der Waals surface area contributed by atoms with Gasteiger partial charge in [0.25, 0.3) is 0 Å². The summed E-state index contributed by atoms with van der Waals surface area (Å²) in [6.45, 7) is 6.60. The van der Waals surface area contributed by atoms with E-state index in [4.69, 9.17) is 0 Å². The summed E-state index contributed by atoms with van der Waals surface area (Å²) in [7, 11) is 0. The maximum absolute atomic E-state index is 15.2. The van der Waals surface area contributed by atoms with Gasteiger partial charge in [0, 0.05) is 0 Å². The first-order valence-electron chi connectivity index (χ1n) is 10.7. The van der Waals surface area contributed by atoms with Gasteiger partial charge in [-0.15, -0.1) is 0 Å². The van der Waals surface area contributed by atoms with Crippen molar-refractivity contribution in [1.82, 2.24) is 4.90 Å². The normalized spacial score (nSPS) is 28.0. The first kappa shape index (κ1) is 22.4. The summed E-state index contributed by atoms with van der Waals surface area (Å²) in [5, 5.41) is 10.6. The Morgan fingerprint density at radius 1 is 1.08 bits per heavy atom. The number of aliphatic hydroxyl groups is 1. The Bertz CT molecular complexity index is 467. The first-order valence-corrected chi connectivity index (χ1v) is 18.7. The number of rotatable bonds is 11. The molecular formula is C20H37F2NO2Sn. The second kappa shape index (κ2) is 9.06. The predicted octanol–water partition coefficient (Wildman–Crippen LogP) is 5.41. The first-order chi connectivity index (χ1) is 12.3. The van der Waals surface area contributed by atoms with Crippen LogP contribution in [0, 0.1) is 5.92 Å². The van der Waals surface area contributed by atoms with Crippen LogP contribution >= 0.6 is 0 Å². The Hall–Kier alpha value is 0.0887. The molecule has 6 heteroatoms. The summed E-state index contributed by atoms with van der Waals surface area (Å²) in [5.74, 6) is -4.30. The standard InChI is InChI=1S/C8H10F2NO2.3C4H9.Sn/c1-5-4-11-6(12)2-3-7(11,13)8(5,9)10;3*1-3-4-2;/h5,13H,1-4H2;3*1,3-4H2,2H3;. The van der Waals surface area contributed by atoms with Crippen LogP contribution in [0.4, 0.5) is 8.78 Å². The number of alkyl halides is 2. The summed E-state index contributed by atoms with van der Waals surface area (Å²) in [6, 6.07) is 0. The van der Waals surface area contributed by atoms with E-state index in [1.54, 1.807) is 0 Å². The quantitative estimate of drug-likeness (QED) is 0.402.